The lowest BCUT2D eigenvalue weighted by atomic mass is 10.2. The number of nitrogens with zero attached hydrogens (tertiary/aromatic N) is 1. The second-order valence-electron chi connectivity index (χ2n) is 3.65. The number of hydrogen-bond donors (Lipinski definition) is 0. The van der Waals surface area contributed by atoms with Gasteiger partial charge in [-0.25, -0.2) is 9.37 Å². The summed E-state index contributed by atoms with van der Waals surface area (Å²) in [5.74, 6) is -3.71. The zero-order valence-electron chi connectivity index (χ0n) is 9.12. The van der Waals surface area contributed by atoms with Crippen molar-refractivity contribution in [2.45, 2.75) is 12.6 Å². The molecule has 0 aliphatic rings. The number of rotatable bonds is 3. The predicted molar refractivity (Wildman–Crippen MR) is 59.6 cm³/mol. The van der Waals surface area contributed by atoms with Gasteiger partial charge in [0, 0.05) is 6.07 Å². The van der Waals surface area contributed by atoms with Crippen LogP contribution in [-0.2, 0) is 4.79 Å². The molecule has 19 heavy (non-hydrogen) atoms. The first kappa shape index (κ1) is 13.6. The van der Waals surface area contributed by atoms with E-state index >= 15 is 0 Å². The molecule has 100 valence electrons. The highest BCUT2D eigenvalue weighted by Gasteiger charge is 2.39. The van der Waals surface area contributed by atoms with Crippen molar-refractivity contribution in [3.63, 3.8) is 0 Å². The van der Waals surface area contributed by atoms with Crippen molar-refractivity contribution >= 4 is 33.1 Å². The van der Waals surface area contributed by atoms with Gasteiger partial charge in [-0.05, 0) is 12.1 Å². The van der Waals surface area contributed by atoms with Crippen LogP contribution in [0.25, 0.3) is 10.2 Å². The summed E-state index contributed by atoms with van der Waals surface area (Å²) >= 11 is 0.820. The van der Waals surface area contributed by atoms with Crippen molar-refractivity contribution in [1.29, 1.82) is 0 Å². The number of hydrogen-bond acceptors (Lipinski definition) is 4. The third-order valence-corrected chi connectivity index (χ3v) is 3.30. The lowest BCUT2D eigenvalue weighted by Gasteiger charge is -2.02. The van der Waals surface area contributed by atoms with Gasteiger partial charge in [0.15, 0.2) is 10.8 Å². The van der Waals surface area contributed by atoms with Crippen molar-refractivity contribution in [1.82, 2.24) is 4.98 Å². The average molecular weight is 291 g/mol. The Kier molecular flexibility index (Phi) is 3.36. The Balaban J connectivity index is 2.25. The number of alkyl halides is 3. The summed E-state index contributed by atoms with van der Waals surface area (Å²) in [6.07, 6.45) is -6.33. The van der Waals surface area contributed by atoms with Crippen LogP contribution in [0.15, 0.2) is 18.2 Å². The standard InChI is InChI=1S/C11H5F4NO2S/c12-5-1-2-8-6(3-5)16-10(19-8)7(17)4-9(18)11(13,14)15/h1-3H,4H2. The normalized spacial score (nSPS) is 11.8. The maximum absolute atomic E-state index is 12.9. The van der Waals surface area contributed by atoms with E-state index in [2.05, 4.69) is 4.98 Å². The largest absolute Gasteiger partial charge is 0.450 e. The molecule has 0 fully saturated rings. The molecule has 1 heterocycles. The average Bonchev–Trinajstić information content (AvgIpc) is 2.70. The molecule has 0 bridgehead atoms. The van der Waals surface area contributed by atoms with E-state index in [4.69, 9.17) is 0 Å². The quantitative estimate of drug-likeness (QED) is 0.496. The molecule has 1 aromatic heterocycles. The fraction of sp³-hybridized carbons (Fsp3) is 0.182. The highest BCUT2D eigenvalue weighted by molar-refractivity contribution is 7.20. The van der Waals surface area contributed by atoms with Crippen LogP contribution in [0, 0.1) is 5.82 Å². The van der Waals surface area contributed by atoms with Crippen molar-refractivity contribution in [2.75, 3.05) is 0 Å². The molecule has 0 saturated heterocycles. The van der Waals surface area contributed by atoms with Gasteiger partial charge in [-0.3, -0.25) is 9.59 Å². The van der Waals surface area contributed by atoms with Crippen LogP contribution in [-0.4, -0.2) is 22.7 Å². The minimum atomic E-state index is -5.04. The van der Waals surface area contributed by atoms with E-state index in [0.29, 0.717) is 4.70 Å². The first-order valence-corrected chi connectivity index (χ1v) is 5.78. The number of carbonyl (C=O) groups is 2. The summed E-state index contributed by atoms with van der Waals surface area (Å²) in [4.78, 5) is 25.9. The number of aromatic nitrogens is 1. The monoisotopic (exact) mass is 291 g/mol. The SMILES string of the molecule is O=C(CC(=O)C(F)(F)F)c1nc2cc(F)ccc2s1. The number of fused-ring (bicyclic) bond motifs is 1. The number of Topliss-reactive ketones (excluding diaryl/α,β-unsaturated/α-hetero) is 2. The maximum atomic E-state index is 12.9. The zero-order chi connectivity index (χ0) is 14.2. The van der Waals surface area contributed by atoms with Crippen molar-refractivity contribution in [3.05, 3.63) is 29.0 Å². The van der Waals surface area contributed by atoms with Gasteiger partial charge in [0.05, 0.1) is 16.6 Å². The van der Waals surface area contributed by atoms with Gasteiger partial charge < -0.3 is 0 Å². The molecule has 2 rings (SSSR count). The van der Waals surface area contributed by atoms with Crippen molar-refractivity contribution < 1.29 is 27.2 Å². The first-order valence-electron chi connectivity index (χ1n) is 4.96. The van der Waals surface area contributed by atoms with Gasteiger partial charge in [0.1, 0.15) is 5.82 Å². The third-order valence-electron chi connectivity index (χ3n) is 2.23. The molecule has 0 atom stereocenters. The molecule has 0 unspecified atom stereocenters. The van der Waals surface area contributed by atoms with Crippen molar-refractivity contribution in [2.24, 2.45) is 0 Å². The van der Waals surface area contributed by atoms with E-state index in [-0.39, 0.29) is 10.5 Å². The van der Waals surface area contributed by atoms with E-state index in [1.54, 1.807) is 0 Å². The van der Waals surface area contributed by atoms with E-state index in [1.807, 2.05) is 0 Å². The van der Waals surface area contributed by atoms with Gasteiger partial charge in [0.25, 0.3) is 0 Å². The minimum absolute atomic E-state index is 0.174. The Hall–Kier alpha value is -1.83. The molecule has 0 radical (unpaired) electrons. The summed E-state index contributed by atoms with van der Waals surface area (Å²) in [6, 6.07) is 3.58. The fourth-order valence-corrected chi connectivity index (χ4v) is 2.23. The Morgan fingerprint density at radius 3 is 2.58 bits per heavy atom. The highest BCUT2D eigenvalue weighted by atomic mass is 32.1. The van der Waals surface area contributed by atoms with Gasteiger partial charge >= 0.3 is 6.18 Å². The molecule has 0 aliphatic heterocycles. The molecular formula is C11H5F4NO2S. The Bertz CT molecular complexity index is 662. The van der Waals surface area contributed by atoms with Gasteiger partial charge in [-0.2, -0.15) is 13.2 Å². The maximum Gasteiger partial charge on any atom is 0.450 e. The summed E-state index contributed by atoms with van der Waals surface area (Å²) in [5.41, 5.74) is 0.174. The Labute approximate surface area is 107 Å². The van der Waals surface area contributed by atoms with E-state index in [9.17, 15) is 27.2 Å². The Morgan fingerprint density at radius 1 is 1.26 bits per heavy atom. The molecule has 3 nitrogen and oxygen atoms in total. The minimum Gasteiger partial charge on any atom is -0.291 e. The van der Waals surface area contributed by atoms with Gasteiger partial charge in [0.2, 0.25) is 5.78 Å². The van der Waals surface area contributed by atoms with E-state index < -0.39 is 30.0 Å². The van der Waals surface area contributed by atoms with E-state index in [1.165, 1.54) is 6.07 Å². The van der Waals surface area contributed by atoms with Crippen LogP contribution in [0.2, 0.25) is 0 Å². The molecule has 0 amide bonds. The molecule has 0 N–H and O–H groups in total. The summed E-state index contributed by atoms with van der Waals surface area (Å²) < 4.78 is 49.4. The van der Waals surface area contributed by atoms with Crippen LogP contribution >= 0.6 is 11.3 Å². The van der Waals surface area contributed by atoms with Crippen LogP contribution < -0.4 is 0 Å². The highest BCUT2D eigenvalue weighted by Crippen LogP contribution is 2.25. The number of halogens is 4. The van der Waals surface area contributed by atoms with Crippen LogP contribution in [0.4, 0.5) is 17.6 Å². The van der Waals surface area contributed by atoms with Crippen LogP contribution in [0.3, 0.4) is 0 Å². The number of ketones is 2. The predicted octanol–water partition coefficient (Wildman–Crippen LogP) is 3.14. The lowest BCUT2D eigenvalue weighted by Crippen LogP contribution is -2.25. The van der Waals surface area contributed by atoms with Crippen molar-refractivity contribution in [3.8, 4) is 0 Å². The molecule has 2 aromatic rings. The fourth-order valence-electron chi connectivity index (χ4n) is 1.34. The molecular weight excluding hydrogens is 286 g/mol. The first-order chi connectivity index (χ1) is 8.77. The summed E-state index contributed by atoms with van der Waals surface area (Å²) in [5, 5.41) is -0.238. The summed E-state index contributed by atoms with van der Waals surface area (Å²) in [6.45, 7) is 0. The molecule has 0 saturated carbocycles. The number of benzene rings is 1. The molecule has 8 heteroatoms. The van der Waals surface area contributed by atoms with E-state index in [0.717, 1.165) is 23.5 Å². The zero-order valence-corrected chi connectivity index (χ0v) is 9.94. The second-order valence-corrected chi connectivity index (χ2v) is 4.68. The molecule has 0 aliphatic carbocycles. The number of thiazole rings is 1. The molecule has 1 aromatic carbocycles. The smallest absolute Gasteiger partial charge is 0.291 e. The van der Waals surface area contributed by atoms with Gasteiger partial charge in [-0.15, -0.1) is 11.3 Å². The lowest BCUT2D eigenvalue weighted by molar-refractivity contribution is -0.170. The van der Waals surface area contributed by atoms with Crippen LogP contribution in [0.1, 0.15) is 16.2 Å². The van der Waals surface area contributed by atoms with Crippen LogP contribution in [0.5, 0.6) is 0 Å². The third kappa shape index (κ3) is 2.95. The number of carbonyl (C=O) groups excluding carboxylic acids is 2. The van der Waals surface area contributed by atoms with Gasteiger partial charge in [-0.1, -0.05) is 0 Å². The topological polar surface area (TPSA) is 47.0 Å². The second kappa shape index (κ2) is 4.69. The summed E-state index contributed by atoms with van der Waals surface area (Å²) in [7, 11) is 0. The molecule has 0 spiro atoms. The Morgan fingerprint density at radius 2 is 1.95 bits per heavy atom.